The van der Waals surface area contributed by atoms with Crippen molar-refractivity contribution in [3.05, 3.63) is 21.6 Å². The summed E-state index contributed by atoms with van der Waals surface area (Å²) in [6.07, 6.45) is 3.54. The van der Waals surface area contributed by atoms with Crippen LogP contribution < -0.4 is 10.9 Å². The molecule has 0 saturated heterocycles. The maximum Gasteiger partial charge on any atom is 0.287 e. The Bertz CT molecular complexity index is 448. The summed E-state index contributed by atoms with van der Waals surface area (Å²) in [7, 11) is 1.67. The fourth-order valence-corrected chi connectivity index (χ4v) is 1.90. The normalized spacial score (nSPS) is 12.4. The van der Waals surface area contributed by atoms with Crippen LogP contribution in [0.1, 0.15) is 26.7 Å². The molecule has 0 aromatic carbocycles. The molecular weight excluding hydrogens is 266 g/mol. The number of rotatable bonds is 8. The number of methoxy groups -OCH3 is 1. The Morgan fingerprint density at radius 1 is 1.58 bits per heavy atom. The summed E-state index contributed by atoms with van der Waals surface area (Å²) >= 11 is 6.07. The van der Waals surface area contributed by atoms with Crippen LogP contribution in [0.15, 0.2) is 11.0 Å². The van der Waals surface area contributed by atoms with Gasteiger partial charge in [-0.25, -0.2) is 4.68 Å². The van der Waals surface area contributed by atoms with Gasteiger partial charge in [-0.3, -0.25) is 4.79 Å². The molecule has 0 spiro atoms. The molecule has 0 radical (unpaired) electrons. The number of nitrogens with zero attached hydrogens (tertiary/aromatic N) is 2. The highest BCUT2D eigenvalue weighted by atomic mass is 35.5. The SMILES string of the molecule is CCCCn1ncc(NCC(C)COC)c(Cl)c1=O. The van der Waals surface area contributed by atoms with E-state index in [1.807, 2.05) is 0 Å². The van der Waals surface area contributed by atoms with Gasteiger partial charge in [0.25, 0.3) is 5.56 Å². The lowest BCUT2D eigenvalue weighted by molar-refractivity contribution is 0.164. The number of aryl methyl sites for hydroxylation is 1. The summed E-state index contributed by atoms with van der Waals surface area (Å²) in [6, 6.07) is 0. The van der Waals surface area contributed by atoms with E-state index in [1.165, 1.54) is 4.68 Å². The van der Waals surface area contributed by atoms with Gasteiger partial charge in [-0.1, -0.05) is 31.9 Å². The molecule has 0 aliphatic rings. The molecule has 1 N–H and O–H groups in total. The minimum absolute atomic E-state index is 0.204. The van der Waals surface area contributed by atoms with Gasteiger partial charge in [0.2, 0.25) is 0 Å². The molecule has 0 saturated carbocycles. The van der Waals surface area contributed by atoms with Crippen LogP contribution in [0.25, 0.3) is 0 Å². The van der Waals surface area contributed by atoms with E-state index >= 15 is 0 Å². The Kier molecular flexibility index (Phi) is 6.87. The molecule has 5 nitrogen and oxygen atoms in total. The van der Waals surface area contributed by atoms with Crippen molar-refractivity contribution in [1.82, 2.24) is 9.78 Å². The zero-order valence-electron chi connectivity index (χ0n) is 11.8. The van der Waals surface area contributed by atoms with E-state index in [0.717, 1.165) is 12.8 Å². The smallest absolute Gasteiger partial charge is 0.287 e. The quantitative estimate of drug-likeness (QED) is 0.798. The molecule has 0 bridgehead atoms. The van der Waals surface area contributed by atoms with Crippen LogP contribution >= 0.6 is 11.6 Å². The Morgan fingerprint density at radius 2 is 2.32 bits per heavy atom. The van der Waals surface area contributed by atoms with Crippen LogP contribution in [0.5, 0.6) is 0 Å². The van der Waals surface area contributed by atoms with E-state index in [-0.39, 0.29) is 10.6 Å². The minimum atomic E-state index is -0.237. The monoisotopic (exact) mass is 287 g/mol. The van der Waals surface area contributed by atoms with Crippen molar-refractivity contribution in [2.45, 2.75) is 33.2 Å². The summed E-state index contributed by atoms with van der Waals surface area (Å²) in [5.74, 6) is 0.337. The molecule has 1 atom stereocenters. The number of hydrogen-bond donors (Lipinski definition) is 1. The molecule has 1 aromatic rings. The minimum Gasteiger partial charge on any atom is -0.384 e. The fourth-order valence-electron chi connectivity index (χ4n) is 1.68. The zero-order valence-corrected chi connectivity index (χ0v) is 12.5. The van der Waals surface area contributed by atoms with Gasteiger partial charge in [0, 0.05) is 20.2 Å². The van der Waals surface area contributed by atoms with Crippen molar-refractivity contribution in [3.8, 4) is 0 Å². The van der Waals surface area contributed by atoms with Gasteiger partial charge >= 0.3 is 0 Å². The highest BCUT2D eigenvalue weighted by Gasteiger charge is 2.10. The average molecular weight is 288 g/mol. The van der Waals surface area contributed by atoms with Crippen molar-refractivity contribution in [2.24, 2.45) is 5.92 Å². The van der Waals surface area contributed by atoms with Gasteiger partial charge in [0.05, 0.1) is 18.5 Å². The van der Waals surface area contributed by atoms with E-state index in [0.29, 0.717) is 31.3 Å². The predicted octanol–water partition coefficient (Wildman–Crippen LogP) is 2.39. The number of anilines is 1. The fraction of sp³-hybridized carbons (Fsp3) is 0.692. The first kappa shape index (κ1) is 16.0. The van der Waals surface area contributed by atoms with Gasteiger partial charge in [0.15, 0.2) is 0 Å². The molecule has 0 fully saturated rings. The van der Waals surface area contributed by atoms with Crippen molar-refractivity contribution in [3.63, 3.8) is 0 Å². The maximum atomic E-state index is 12.0. The van der Waals surface area contributed by atoms with Gasteiger partial charge in [-0.05, 0) is 12.3 Å². The Balaban J connectivity index is 2.71. The molecule has 108 valence electrons. The van der Waals surface area contributed by atoms with Crippen molar-refractivity contribution in [1.29, 1.82) is 0 Å². The molecule has 1 heterocycles. The molecule has 1 aromatic heterocycles. The van der Waals surface area contributed by atoms with Crippen LogP contribution in [0.3, 0.4) is 0 Å². The van der Waals surface area contributed by atoms with E-state index in [4.69, 9.17) is 16.3 Å². The summed E-state index contributed by atoms with van der Waals surface area (Å²) in [6.45, 7) is 6.08. The first-order chi connectivity index (χ1) is 9.10. The summed E-state index contributed by atoms with van der Waals surface area (Å²) in [4.78, 5) is 12.0. The summed E-state index contributed by atoms with van der Waals surface area (Å²) < 4.78 is 6.47. The lowest BCUT2D eigenvalue weighted by Crippen LogP contribution is -2.25. The largest absolute Gasteiger partial charge is 0.384 e. The van der Waals surface area contributed by atoms with Crippen LogP contribution in [0.2, 0.25) is 5.02 Å². The first-order valence-corrected chi connectivity index (χ1v) is 6.96. The van der Waals surface area contributed by atoms with Crippen LogP contribution in [-0.4, -0.2) is 30.0 Å². The van der Waals surface area contributed by atoms with Gasteiger partial charge < -0.3 is 10.1 Å². The van der Waals surface area contributed by atoms with Crippen molar-refractivity contribution < 1.29 is 4.74 Å². The highest BCUT2D eigenvalue weighted by Crippen LogP contribution is 2.15. The topological polar surface area (TPSA) is 56.1 Å². The lowest BCUT2D eigenvalue weighted by Gasteiger charge is -2.14. The van der Waals surface area contributed by atoms with E-state index in [1.54, 1.807) is 13.3 Å². The first-order valence-electron chi connectivity index (χ1n) is 6.58. The standard InChI is InChI=1S/C13H22ClN3O2/c1-4-5-6-17-13(18)12(14)11(8-16-17)15-7-10(2)9-19-3/h8,10,15H,4-7,9H2,1-3H3. The average Bonchev–Trinajstić information content (AvgIpc) is 2.40. The highest BCUT2D eigenvalue weighted by molar-refractivity contribution is 6.32. The third-order valence-electron chi connectivity index (χ3n) is 2.80. The molecule has 1 unspecified atom stereocenters. The van der Waals surface area contributed by atoms with Crippen LogP contribution in [-0.2, 0) is 11.3 Å². The second-order valence-corrected chi connectivity index (χ2v) is 5.07. The number of nitrogens with one attached hydrogen (secondary N) is 1. The van der Waals surface area contributed by atoms with Crippen LogP contribution in [0, 0.1) is 5.92 Å². The Hall–Kier alpha value is -1.07. The number of unbranched alkanes of at least 4 members (excludes halogenated alkanes) is 1. The number of aromatic nitrogens is 2. The number of halogens is 1. The number of hydrogen-bond acceptors (Lipinski definition) is 4. The molecule has 19 heavy (non-hydrogen) atoms. The third kappa shape index (κ3) is 4.84. The van der Waals surface area contributed by atoms with Gasteiger partial charge in [0.1, 0.15) is 5.02 Å². The predicted molar refractivity (Wildman–Crippen MR) is 77.9 cm³/mol. The third-order valence-corrected chi connectivity index (χ3v) is 3.17. The molecule has 1 rings (SSSR count). The molecule has 0 amide bonds. The zero-order chi connectivity index (χ0) is 14.3. The van der Waals surface area contributed by atoms with Gasteiger partial charge in [-0.2, -0.15) is 5.10 Å². The van der Waals surface area contributed by atoms with E-state index in [9.17, 15) is 4.79 Å². The summed E-state index contributed by atoms with van der Waals surface area (Å²) in [5.41, 5.74) is 0.349. The van der Waals surface area contributed by atoms with Crippen LogP contribution in [0.4, 0.5) is 5.69 Å². The second-order valence-electron chi connectivity index (χ2n) is 4.70. The number of ether oxygens (including phenoxy) is 1. The lowest BCUT2D eigenvalue weighted by atomic mass is 10.2. The molecular formula is C13H22ClN3O2. The van der Waals surface area contributed by atoms with E-state index < -0.39 is 0 Å². The maximum absolute atomic E-state index is 12.0. The Labute approximate surface area is 118 Å². The second kappa shape index (κ2) is 8.17. The summed E-state index contributed by atoms with van der Waals surface area (Å²) in [5, 5.41) is 7.46. The van der Waals surface area contributed by atoms with Gasteiger partial charge in [-0.15, -0.1) is 0 Å². The Morgan fingerprint density at radius 3 is 2.95 bits per heavy atom. The van der Waals surface area contributed by atoms with Crippen molar-refractivity contribution >= 4 is 17.3 Å². The molecule has 0 aliphatic heterocycles. The molecule has 6 heteroatoms. The molecule has 0 aliphatic carbocycles. The van der Waals surface area contributed by atoms with E-state index in [2.05, 4.69) is 24.3 Å². The van der Waals surface area contributed by atoms with Crippen molar-refractivity contribution in [2.75, 3.05) is 25.6 Å².